The third kappa shape index (κ3) is 3.16. The highest BCUT2D eigenvalue weighted by Gasteiger charge is 2.23. The molecular formula is C20H20BrNO3. The van der Waals surface area contributed by atoms with Gasteiger partial charge in [0.25, 0.3) is 0 Å². The van der Waals surface area contributed by atoms with Crippen molar-refractivity contribution < 1.29 is 14.3 Å². The zero-order chi connectivity index (χ0) is 18.0. The molecule has 1 aromatic heterocycles. The van der Waals surface area contributed by atoms with Crippen LogP contribution in [0.4, 0.5) is 0 Å². The van der Waals surface area contributed by atoms with Crippen molar-refractivity contribution in [2.75, 3.05) is 13.2 Å². The monoisotopic (exact) mass is 401 g/mol. The average molecular weight is 402 g/mol. The maximum absolute atomic E-state index is 12.6. The predicted octanol–water partition coefficient (Wildman–Crippen LogP) is 5.28. The summed E-state index contributed by atoms with van der Waals surface area (Å²) in [5, 5.41) is 0.831. The lowest BCUT2D eigenvalue weighted by atomic mass is 10.1. The van der Waals surface area contributed by atoms with Crippen LogP contribution in [0.2, 0.25) is 0 Å². The van der Waals surface area contributed by atoms with Crippen molar-refractivity contribution >= 4 is 32.8 Å². The molecule has 0 fully saturated rings. The Kier molecular flexibility index (Phi) is 5.13. The quantitative estimate of drug-likeness (QED) is 0.546. The Balaban J connectivity index is 2.33. The molecule has 5 heteroatoms. The summed E-state index contributed by atoms with van der Waals surface area (Å²) in [7, 11) is 0. The van der Waals surface area contributed by atoms with E-state index in [1.54, 1.807) is 0 Å². The molecule has 0 aliphatic heterocycles. The summed E-state index contributed by atoms with van der Waals surface area (Å²) in [6, 6.07) is 13.8. The van der Waals surface area contributed by atoms with Crippen molar-refractivity contribution in [1.82, 2.24) is 4.57 Å². The van der Waals surface area contributed by atoms with Gasteiger partial charge < -0.3 is 14.0 Å². The second kappa shape index (κ2) is 7.31. The molecule has 1 heterocycles. The maximum Gasteiger partial charge on any atom is 0.340 e. The van der Waals surface area contributed by atoms with Gasteiger partial charge in [0.15, 0.2) is 0 Å². The molecule has 0 atom stereocenters. The fourth-order valence-corrected chi connectivity index (χ4v) is 3.52. The first-order chi connectivity index (χ1) is 12.1. The molecule has 2 aromatic carbocycles. The van der Waals surface area contributed by atoms with Gasteiger partial charge in [0, 0.05) is 15.6 Å². The first-order valence-corrected chi connectivity index (χ1v) is 9.07. The van der Waals surface area contributed by atoms with Crippen LogP contribution in [0.25, 0.3) is 16.6 Å². The number of fused-ring (bicyclic) bond motifs is 1. The Morgan fingerprint density at radius 2 is 1.88 bits per heavy atom. The highest BCUT2D eigenvalue weighted by molar-refractivity contribution is 9.10. The van der Waals surface area contributed by atoms with E-state index in [1.165, 1.54) is 0 Å². The van der Waals surface area contributed by atoms with Crippen LogP contribution in [0.15, 0.2) is 46.9 Å². The van der Waals surface area contributed by atoms with Gasteiger partial charge >= 0.3 is 5.97 Å². The van der Waals surface area contributed by atoms with Crippen LogP contribution >= 0.6 is 15.9 Å². The first-order valence-electron chi connectivity index (χ1n) is 8.28. The number of rotatable bonds is 5. The molecule has 0 aliphatic carbocycles. The lowest BCUT2D eigenvalue weighted by Crippen LogP contribution is -2.07. The standard InChI is InChI=1S/C20H20BrNO3/c1-4-24-14-10-11-17-15(12-14)19(20(23)25-5-2)13(3)22(17)18-9-7-6-8-16(18)21/h6-12H,4-5H2,1-3H3. The molecular weight excluding hydrogens is 382 g/mol. The lowest BCUT2D eigenvalue weighted by Gasteiger charge is -2.11. The number of hydrogen-bond donors (Lipinski definition) is 0. The van der Waals surface area contributed by atoms with E-state index in [2.05, 4.69) is 20.5 Å². The predicted molar refractivity (Wildman–Crippen MR) is 103 cm³/mol. The van der Waals surface area contributed by atoms with E-state index in [1.807, 2.05) is 63.2 Å². The Labute approximate surface area is 155 Å². The SMILES string of the molecule is CCOC(=O)c1c(C)n(-c2ccccc2Br)c2ccc(OCC)cc12. The van der Waals surface area contributed by atoms with Gasteiger partial charge in [0.05, 0.1) is 30.0 Å². The van der Waals surface area contributed by atoms with Crippen molar-refractivity contribution in [3.8, 4) is 11.4 Å². The molecule has 0 saturated carbocycles. The summed E-state index contributed by atoms with van der Waals surface area (Å²) in [6.07, 6.45) is 0. The van der Waals surface area contributed by atoms with Gasteiger partial charge in [-0.15, -0.1) is 0 Å². The van der Waals surface area contributed by atoms with E-state index >= 15 is 0 Å². The zero-order valence-corrected chi connectivity index (χ0v) is 16.1. The summed E-state index contributed by atoms with van der Waals surface area (Å²) >= 11 is 3.61. The van der Waals surface area contributed by atoms with Crippen molar-refractivity contribution in [1.29, 1.82) is 0 Å². The zero-order valence-electron chi connectivity index (χ0n) is 14.5. The summed E-state index contributed by atoms with van der Waals surface area (Å²) in [5.41, 5.74) is 3.34. The highest BCUT2D eigenvalue weighted by Crippen LogP contribution is 2.34. The Hall–Kier alpha value is -2.27. The Morgan fingerprint density at radius 3 is 2.56 bits per heavy atom. The molecule has 25 heavy (non-hydrogen) atoms. The normalized spacial score (nSPS) is 10.9. The Bertz CT molecular complexity index is 930. The van der Waals surface area contributed by atoms with Gasteiger partial charge in [0.2, 0.25) is 0 Å². The first kappa shape index (κ1) is 17.5. The summed E-state index contributed by atoms with van der Waals surface area (Å²) in [6.45, 7) is 6.60. The van der Waals surface area contributed by atoms with E-state index in [9.17, 15) is 4.79 Å². The van der Waals surface area contributed by atoms with E-state index in [0.29, 0.717) is 18.8 Å². The lowest BCUT2D eigenvalue weighted by molar-refractivity contribution is 0.0527. The van der Waals surface area contributed by atoms with Gasteiger partial charge in [0.1, 0.15) is 5.75 Å². The number of ether oxygens (including phenoxy) is 2. The molecule has 0 unspecified atom stereocenters. The third-order valence-corrected chi connectivity index (χ3v) is 4.73. The second-order valence-corrected chi connectivity index (χ2v) is 6.43. The maximum atomic E-state index is 12.6. The number of benzene rings is 2. The number of esters is 1. The highest BCUT2D eigenvalue weighted by atomic mass is 79.9. The minimum atomic E-state index is -0.315. The van der Waals surface area contributed by atoms with Crippen molar-refractivity contribution in [3.63, 3.8) is 0 Å². The minimum absolute atomic E-state index is 0.315. The molecule has 0 radical (unpaired) electrons. The number of nitrogens with zero attached hydrogens (tertiary/aromatic N) is 1. The van der Waals surface area contributed by atoms with Crippen LogP contribution in [0.3, 0.4) is 0 Å². The molecule has 0 spiro atoms. The van der Waals surface area contributed by atoms with Crippen LogP contribution < -0.4 is 4.74 Å². The van der Waals surface area contributed by atoms with Crippen molar-refractivity contribution in [2.24, 2.45) is 0 Å². The van der Waals surface area contributed by atoms with E-state index < -0.39 is 0 Å². The van der Waals surface area contributed by atoms with Crippen LogP contribution in [0.1, 0.15) is 29.9 Å². The van der Waals surface area contributed by atoms with Crippen molar-refractivity contribution in [3.05, 3.63) is 58.2 Å². The van der Waals surface area contributed by atoms with Gasteiger partial charge in [-0.25, -0.2) is 4.79 Å². The van der Waals surface area contributed by atoms with E-state index in [4.69, 9.17) is 9.47 Å². The van der Waals surface area contributed by atoms with Crippen molar-refractivity contribution in [2.45, 2.75) is 20.8 Å². The van der Waals surface area contributed by atoms with Crippen LogP contribution in [-0.2, 0) is 4.74 Å². The number of carbonyl (C=O) groups excluding carboxylic acids is 1. The smallest absolute Gasteiger partial charge is 0.340 e. The number of aromatic nitrogens is 1. The summed E-state index contributed by atoms with van der Waals surface area (Å²) in [4.78, 5) is 12.6. The molecule has 0 bridgehead atoms. The molecule has 0 N–H and O–H groups in total. The average Bonchev–Trinajstić information content (AvgIpc) is 2.87. The van der Waals surface area contributed by atoms with E-state index in [0.717, 1.165) is 32.5 Å². The molecule has 4 nitrogen and oxygen atoms in total. The van der Waals surface area contributed by atoms with Gasteiger partial charge in [-0.2, -0.15) is 0 Å². The molecule has 130 valence electrons. The van der Waals surface area contributed by atoms with Crippen LogP contribution in [-0.4, -0.2) is 23.8 Å². The summed E-state index contributed by atoms with van der Waals surface area (Å²) in [5.74, 6) is 0.425. The summed E-state index contributed by atoms with van der Waals surface area (Å²) < 4.78 is 13.9. The Morgan fingerprint density at radius 1 is 1.12 bits per heavy atom. The second-order valence-electron chi connectivity index (χ2n) is 5.58. The number of halogens is 1. The van der Waals surface area contributed by atoms with E-state index in [-0.39, 0.29) is 5.97 Å². The third-order valence-electron chi connectivity index (χ3n) is 4.06. The molecule has 3 aromatic rings. The van der Waals surface area contributed by atoms with Gasteiger partial charge in [-0.05, 0) is 67.0 Å². The molecule has 3 rings (SSSR count). The number of hydrogen-bond acceptors (Lipinski definition) is 3. The fourth-order valence-electron chi connectivity index (χ4n) is 3.06. The largest absolute Gasteiger partial charge is 0.494 e. The minimum Gasteiger partial charge on any atom is -0.494 e. The topological polar surface area (TPSA) is 40.5 Å². The molecule has 0 amide bonds. The number of para-hydroxylation sites is 1. The molecule has 0 aliphatic rings. The molecule has 0 saturated heterocycles. The number of carbonyl (C=O) groups is 1. The van der Waals surface area contributed by atoms with Crippen LogP contribution in [0.5, 0.6) is 5.75 Å². The van der Waals surface area contributed by atoms with Gasteiger partial charge in [-0.1, -0.05) is 12.1 Å². The van der Waals surface area contributed by atoms with Gasteiger partial charge in [-0.3, -0.25) is 0 Å². The van der Waals surface area contributed by atoms with Crippen LogP contribution in [0, 0.1) is 6.92 Å². The fraction of sp³-hybridized carbons (Fsp3) is 0.250.